The molecular weight excluding hydrogens is 364 g/mol. The van der Waals surface area contributed by atoms with Crippen molar-refractivity contribution in [3.8, 4) is 22.9 Å². The summed E-state index contributed by atoms with van der Waals surface area (Å²) >= 11 is 6.22. The summed E-state index contributed by atoms with van der Waals surface area (Å²) in [6, 6.07) is 13.0. The zero-order chi connectivity index (χ0) is 18.8. The zero-order valence-electron chi connectivity index (χ0n) is 14.9. The lowest BCUT2D eigenvalue weighted by molar-refractivity contribution is 0.412. The Morgan fingerprint density at radius 2 is 1.78 bits per heavy atom. The Morgan fingerprint density at radius 1 is 1.04 bits per heavy atom. The Labute approximate surface area is 162 Å². The molecule has 5 nitrogen and oxygen atoms in total. The fourth-order valence-corrected chi connectivity index (χ4v) is 3.57. The summed E-state index contributed by atoms with van der Waals surface area (Å²) in [5.41, 5.74) is 2.88. The van der Waals surface area contributed by atoms with Gasteiger partial charge in [-0.2, -0.15) is 9.78 Å². The number of methoxy groups -OCH3 is 1. The molecular formula is C21H19ClN2O3. The second-order valence-electron chi connectivity index (χ2n) is 6.44. The topological polar surface area (TPSA) is 53.4 Å². The van der Waals surface area contributed by atoms with Gasteiger partial charge in [-0.15, -0.1) is 0 Å². The maximum absolute atomic E-state index is 13.1. The Bertz CT molecular complexity index is 1030. The van der Waals surface area contributed by atoms with Gasteiger partial charge in [0.15, 0.2) is 0 Å². The smallest absolute Gasteiger partial charge is 0.316 e. The SMILES string of the molecule is COc1ccc(Oc2c(Cl)cnn(-c3cccc4c3CCCC4)c2=O)cc1. The Morgan fingerprint density at radius 3 is 2.56 bits per heavy atom. The van der Waals surface area contributed by atoms with Crippen LogP contribution in [0, 0.1) is 0 Å². The number of aryl methyl sites for hydroxylation is 1. The number of aromatic nitrogens is 2. The molecule has 0 bridgehead atoms. The van der Waals surface area contributed by atoms with Crippen LogP contribution in [0.5, 0.6) is 17.2 Å². The standard InChI is InChI=1S/C21H19ClN2O3/c1-26-15-9-11-16(12-10-15)27-20-18(22)13-23-24(21(20)25)19-8-4-6-14-5-2-3-7-17(14)19/h4,6,8-13H,2-3,5,7H2,1H3. The molecule has 0 atom stereocenters. The molecule has 0 radical (unpaired) electrons. The first-order valence-corrected chi connectivity index (χ1v) is 9.26. The molecule has 2 aromatic carbocycles. The molecule has 6 heteroatoms. The van der Waals surface area contributed by atoms with E-state index in [1.165, 1.54) is 28.4 Å². The van der Waals surface area contributed by atoms with Gasteiger partial charge in [-0.05, 0) is 67.1 Å². The molecule has 0 aliphatic heterocycles. The molecule has 0 amide bonds. The highest BCUT2D eigenvalue weighted by molar-refractivity contribution is 6.31. The lowest BCUT2D eigenvalue weighted by Gasteiger charge is -2.20. The molecule has 0 spiro atoms. The fraction of sp³-hybridized carbons (Fsp3) is 0.238. The predicted molar refractivity (Wildman–Crippen MR) is 105 cm³/mol. The molecule has 4 rings (SSSR count). The summed E-state index contributed by atoms with van der Waals surface area (Å²) in [6.07, 6.45) is 5.70. The van der Waals surface area contributed by atoms with E-state index in [4.69, 9.17) is 21.1 Å². The molecule has 1 aliphatic rings. The monoisotopic (exact) mass is 382 g/mol. The number of rotatable bonds is 4. The van der Waals surface area contributed by atoms with Gasteiger partial charge in [0, 0.05) is 0 Å². The van der Waals surface area contributed by atoms with Crippen LogP contribution >= 0.6 is 11.6 Å². The Balaban J connectivity index is 1.76. The molecule has 1 aromatic heterocycles. The van der Waals surface area contributed by atoms with Crippen molar-refractivity contribution in [2.75, 3.05) is 7.11 Å². The van der Waals surface area contributed by atoms with E-state index in [2.05, 4.69) is 11.2 Å². The van der Waals surface area contributed by atoms with Gasteiger partial charge in [0.25, 0.3) is 0 Å². The number of ether oxygens (including phenoxy) is 2. The van der Waals surface area contributed by atoms with Crippen molar-refractivity contribution in [3.63, 3.8) is 0 Å². The van der Waals surface area contributed by atoms with Gasteiger partial charge in [-0.25, -0.2) is 0 Å². The van der Waals surface area contributed by atoms with Crippen molar-refractivity contribution in [1.82, 2.24) is 9.78 Å². The molecule has 0 saturated carbocycles. The highest BCUT2D eigenvalue weighted by Gasteiger charge is 2.19. The predicted octanol–water partition coefficient (Wildman–Crippen LogP) is 4.57. The van der Waals surface area contributed by atoms with Crippen molar-refractivity contribution >= 4 is 11.6 Å². The van der Waals surface area contributed by atoms with Gasteiger partial charge in [0.05, 0.1) is 19.0 Å². The normalized spacial score (nSPS) is 13.1. The van der Waals surface area contributed by atoms with Crippen LogP contribution in [0.4, 0.5) is 0 Å². The second-order valence-corrected chi connectivity index (χ2v) is 6.85. The van der Waals surface area contributed by atoms with E-state index >= 15 is 0 Å². The molecule has 3 aromatic rings. The van der Waals surface area contributed by atoms with Crippen molar-refractivity contribution < 1.29 is 9.47 Å². The van der Waals surface area contributed by atoms with Crippen molar-refractivity contribution in [3.05, 3.63) is 75.2 Å². The molecule has 1 aliphatic carbocycles. The number of fused-ring (bicyclic) bond motifs is 1. The first-order valence-electron chi connectivity index (χ1n) is 8.88. The first kappa shape index (κ1) is 17.6. The Hall–Kier alpha value is -2.79. The number of halogens is 1. The van der Waals surface area contributed by atoms with Crippen molar-refractivity contribution in [2.24, 2.45) is 0 Å². The van der Waals surface area contributed by atoms with Gasteiger partial charge >= 0.3 is 5.56 Å². The van der Waals surface area contributed by atoms with Crippen LogP contribution < -0.4 is 15.0 Å². The number of hydrogen-bond acceptors (Lipinski definition) is 4. The third-order valence-electron chi connectivity index (χ3n) is 4.77. The third-order valence-corrected chi connectivity index (χ3v) is 5.04. The minimum Gasteiger partial charge on any atom is -0.497 e. The van der Waals surface area contributed by atoms with Crippen LogP contribution in [-0.4, -0.2) is 16.9 Å². The summed E-state index contributed by atoms with van der Waals surface area (Å²) in [5, 5.41) is 4.44. The van der Waals surface area contributed by atoms with Gasteiger partial charge < -0.3 is 9.47 Å². The number of benzene rings is 2. The molecule has 138 valence electrons. The summed E-state index contributed by atoms with van der Waals surface area (Å²) < 4.78 is 12.3. The molecule has 27 heavy (non-hydrogen) atoms. The van der Waals surface area contributed by atoms with Crippen LogP contribution in [0.3, 0.4) is 0 Å². The summed E-state index contributed by atoms with van der Waals surface area (Å²) in [4.78, 5) is 13.1. The number of hydrogen-bond donors (Lipinski definition) is 0. The number of nitrogens with zero attached hydrogens (tertiary/aromatic N) is 2. The van der Waals surface area contributed by atoms with Crippen molar-refractivity contribution in [1.29, 1.82) is 0 Å². The van der Waals surface area contributed by atoms with Crippen LogP contribution in [0.25, 0.3) is 5.69 Å². The van der Waals surface area contributed by atoms with Gasteiger partial charge in [-0.1, -0.05) is 23.7 Å². The van der Waals surface area contributed by atoms with E-state index in [-0.39, 0.29) is 16.3 Å². The van der Waals surface area contributed by atoms with Crippen LogP contribution in [0.2, 0.25) is 5.02 Å². The van der Waals surface area contributed by atoms with E-state index in [1.54, 1.807) is 31.4 Å². The van der Waals surface area contributed by atoms with Crippen LogP contribution in [0.15, 0.2) is 53.5 Å². The first-order chi connectivity index (χ1) is 13.2. The minimum atomic E-state index is -0.378. The quantitative estimate of drug-likeness (QED) is 0.663. The highest BCUT2D eigenvalue weighted by atomic mass is 35.5. The lowest BCUT2D eigenvalue weighted by Crippen LogP contribution is -2.24. The minimum absolute atomic E-state index is 0.0604. The summed E-state index contributed by atoms with van der Waals surface area (Å²) in [5.74, 6) is 1.27. The van der Waals surface area contributed by atoms with Gasteiger partial charge in [0.1, 0.15) is 16.5 Å². The molecule has 0 N–H and O–H groups in total. The van der Waals surface area contributed by atoms with Crippen molar-refractivity contribution in [2.45, 2.75) is 25.7 Å². The second kappa shape index (κ2) is 7.45. The van der Waals surface area contributed by atoms with E-state index in [0.717, 1.165) is 24.9 Å². The van der Waals surface area contributed by atoms with E-state index in [9.17, 15) is 4.79 Å². The third kappa shape index (κ3) is 3.43. The average Bonchev–Trinajstić information content (AvgIpc) is 2.71. The van der Waals surface area contributed by atoms with E-state index in [1.807, 2.05) is 12.1 Å². The lowest BCUT2D eigenvalue weighted by atomic mass is 9.90. The molecule has 1 heterocycles. The maximum Gasteiger partial charge on any atom is 0.316 e. The molecule has 0 saturated heterocycles. The average molecular weight is 383 g/mol. The largest absolute Gasteiger partial charge is 0.497 e. The Kier molecular flexibility index (Phi) is 4.86. The van der Waals surface area contributed by atoms with Crippen LogP contribution in [0.1, 0.15) is 24.0 Å². The van der Waals surface area contributed by atoms with Gasteiger partial charge in [0.2, 0.25) is 5.75 Å². The van der Waals surface area contributed by atoms with E-state index in [0.29, 0.717) is 11.5 Å². The summed E-state index contributed by atoms with van der Waals surface area (Å²) in [6.45, 7) is 0. The highest BCUT2D eigenvalue weighted by Crippen LogP contribution is 2.29. The fourth-order valence-electron chi connectivity index (χ4n) is 3.40. The van der Waals surface area contributed by atoms with Gasteiger partial charge in [-0.3, -0.25) is 4.79 Å². The summed E-state index contributed by atoms with van der Waals surface area (Å²) in [7, 11) is 1.59. The molecule has 0 unspecified atom stereocenters. The molecule has 0 fully saturated rings. The zero-order valence-corrected chi connectivity index (χ0v) is 15.7. The maximum atomic E-state index is 13.1. The van der Waals surface area contributed by atoms with Crippen LogP contribution in [-0.2, 0) is 12.8 Å². The van der Waals surface area contributed by atoms with E-state index < -0.39 is 0 Å².